The molecule has 1 heterocycles. The fourth-order valence-corrected chi connectivity index (χ4v) is 4.16. The van der Waals surface area contributed by atoms with Gasteiger partial charge in [0.1, 0.15) is 0 Å². The molecule has 2 aromatic carbocycles. The highest BCUT2D eigenvalue weighted by Crippen LogP contribution is 2.20. The molecule has 0 bridgehead atoms. The van der Waals surface area contributed by atoms with Crippen molar-refractivity contribution < 1.29 is 13.2 Å². The second kappa shape index (κ2) is 8.10. The first-order chi connectivity index (χ1) is 12.8. The lowest BCUT2D eigenvalue weighted by atomic mass is 10.0. The number of hydrogen-bond acceptors (Lipinski definition) is 4. The van der Waals surface area contributed by atoms with Crippen molar-refractivity contribution in [2.24, 2.45) is 0 Å². The Morgan fingerprint density at radius 3 is 2.37 bits per heavy atom. The van der Waals surface area contributed by atoms with Gasteiger partial charge >= 0.3 is 0 Å². The Bertz CT molecular complexity index is 918. The third kappa shape index (κ3) is 4.87. The van der Waals surface area contributed by atoms with E-state index in [2.05, 4.69) is 15.4 Å². The molecule has 1 aliphatic rings. The molecule has 1 aliphatic heterocycles. The summed E-state index contributed by atoms with van der Waals surface area (Å²) in [5.41, 5.74) is 2.67. The van der Waals surface area contributed by atoms with Gasteiger partial charge in [-0.1, -0.05) is 23.8 Å². The van der Waals surface area contributed by atoms with E-state index >= 15 is 0 Å². The molecule has 0 spiro atoms. The lowest BCUT2D eigenvalue weighted by molar-refractivity contribution is 0.0928. The number of carbonyl (C=O) groups excluding carboxylic acids is 1. The normalized spacial score (nSPS) is 15.3. The Morgan fingerprint density at radius 1 is 1.04 bits per heavy atom. The van der Waals surface area contributed by atoms with Crippen LogP contribution < -0.4 is 15.4 Å². The number of amides is 1. The lowest BCUT2D eigenvalue weighted by Gasteiger charge is -2.24. The molecule has 27 heavy (non-hydrogen) atoms. The Labute approximate surface area is 160 Å². The molecule has 1 saturated heterocycles. The van der Waals surface area contributed by atoms with Crippen molar-refractivity contribution in [1.29, 1.82) is 0 Å². The summed E-state index contributed by atoms with van der Waals surface area (Å²) < 4.78 is 28.0. The van der Waals surface area contributed by atoms with Crippen LogP contribution in [-0.4, -0.2) is 33.5 Å². The van der Waals surface area contributed by atoms with Crippen LogP contribution in [0.1, 0.15) is 34.3 Å². The monoisotopic (exact) mass is 387 g/mol. The van der Waals surface area contributed by atoms with Crippen LogP contribution in [0.2, 0.25) is 0 Å². The van der Waals surface area contributed by atoms with E-state index in [1.807, 2.05) is 19.1 Å². The van der Waals surface area contributed by atoms with E-state index in [0.717, 1.165) is 37.1 Å². The van der Waals surface area contributed by atoms with Gasteiger partial charge < -0.3 is 10.6 Å². The van der Waals surface area contributed by atoms with E-state index in [-0.39, 0.29) is 16.8 Å². The smallest absolute Gasteiger partial charge is 0.261 e. The summed E-state index contributed by atoms with van der Waals surface area (Å²) in [4.78, 5) is 12.7. The molecular weight excluding hydrogens is 362 g/mol. The van der Waals surface area contributed by atoms with Gasteiger partial charge in [-0.25, -0.2) is 8.42 Å². The molecule has 0 atom stereocenters. The molecule has 7 heteroatoms. The Kier molecular flexibility index (Phi) is 5.82. The number of carbonyl (C=O) groups is 1. The number of hydrogen-bond donors (Lipinski definition) is 3. The van der Waals surface area contributed by atoms with Gasteiger partial charge in [0.2, 0.25) is 0 Å². The van der Waals surface area contributed by atoms with Gasteiger partial charge in [-0.05, 0) is 69.6 Å². The number of sulfonamides is 1. The highest BCUT2D eigenvalue weighted by atomic mass is 32.2. The zero-order chi connectivity index (χ0) is 19.4. The summed E-state index contributed by atoms with van der Waals surface area (Å²) in [5.74, 6) is -0.230. The average Bonchev–Trinajstić information content (AvgIpc) is 2.64. The predicted octanol–water partition coefficient (Wildman–Crippen LogP) is 2.59. The highest BCUT2D eigenvalue weighted by molar-refractivity contribution is 7.92. The summed E-state index contributed by atoms with van der Waals surface area (Å²) in [6.45, 7) is 5.49. The molecule has 2 aromatic rings. The first-order valence-electron chi connectivity index (χ1n) is 9.07. The third-order valence-electron chi connectivity index (χ3n) is 4.74. The summed E-state index contributed by atoms with van der Waals surface area (Å²) >= 11 is 0. The van der Waals surface area contributed by atoms with Crippen molar-refractivity contribution >= 4 is 21.6 Å². The largest absolute Gasteiger partial charge is 0.349 e. The Hall–Kier alpha value is -2.38. The van der Waals surface area contributed by atoms with Crippen LogP contribution in [-0.2, 0) is 10.0 Å². The number of rotatable bonds is 5. The number of piperidine rings is 1. The minimum Gasteiger partial charge on any atom is -0.349 e. The molecule has 0 unspecified atom stereocenters. The van der Waals surface area contributed by atoms with E-state index < -0.39 is 10.0 Å². The van der Waals surface area contributed by atoms with Crippen LogP contribution in [0.25, 0.3) is 0 Å². The van der Waals surface area contributed by atoms with Crippen LogP contribution in [0.5, 0.6) is 0 Å². The van der Waals surface area contributed by atoms with E-state index in [4.69, 9.17) is 0 Å². The van der Waals surface area contributed by atoms with Crippen LogP contribution >= 0.6 is 0 Å². The topological polar surface area (TPSA) is 87.3 Å². The summed E-state index contributed by atoms with van der Waals surface area (Å²) in [6.07, 6.45) is 1.75. The number of benzene rings is 2. The Balaban J connectivity index is 1.80. The van der Waals surface area contributed by atoms with Crippen molar-refractivity contribution in [3.8, 4) is 0 Å². The molecule has 6 nitrogen and oxygen atoms in total. The molecule has 1 fully saturated rings. The number of aryl methyl sites for hydroxylation is 2. The van der Waals surface area contributed by atoms with Crippen molar-refractivity contribution in [2.45, 2.75) is 37.6 Å². The van der Waals surface area contributed by atoms with E-state index in [1.54, 1.807) is 25.1 Å². The maximum Gasteiger partial charge on any atom is 0.261 e. The zero-order valence-electron chi connectivity index (χ0n) is 15.6. The molecule has 3 N–H and O–H groups in total. The Morgan fingerprint density at radius 2 is 1.70 bits per heavy atom. The first kappa shape index (κ1) is 19.4. The van der Waals surface area contributed by atoms with Gasteiger partial charge in [0, 0.05) is 17.3 Å². The van der Waals surface area contributed by atoms with Gasteiger partial charge in [-0.15, -0.1) is 0 Å². The van der Waals surface area contributed by atoms with Gasteiger partial charge in [-0.3, -0.25) is 9.52 Å². The fourth-order valence-electron chi connectivity index (χ4n) is 3.08. The van der Waals surface area contributed by atoms with E-state index in [0.29, 0.717) is 11.3 Å². The lowest BCUT2D eigenvalue weighted by Crippen LogP contribution is -2.42. The van der Waals surface area contributed by atoms with Crippen molar-refractivity contribution in [1.82, 2.24) is 10.6 Å². The molecule has 0 radical (unpaired) electrons. The van der Waals surface area contributed by atoms with Gasteiger partial charge in [0.25, 0.3) is 15.9 Å². The zero-order valence-corrected chi connectivity index (χ0v) is 16.4. The van der Waals surface area contributed by atoms with Crippen LogP contribution in [0.4, 0.5) is 5.69 Å². The number of nitrogens with one attached hydrogen (secondary N) is 3. The average molecular weight is 388 g/mol. The van der Waals surface area contributed by atoms with Crippen LogP contribution in [0, 0.1) is 13.8 Å². The minimum absolute atomic E-state index is 0.0733. The van der Waals surface area contributed by atoms with Gasteiger partial charge in [-0.2, -0.15) is 0 Å². The van der Waals surface area contributed by atoms with E-state index in [9.17, 15) is 13.2 Å². The summed E-state index contributed by atoms with van der Waals surface area (Å²) in [6, 6.07) is 11.9. The fraction of sp³-hybridized carbons (Fsp3) is 0.350. The molecule has 0 aliphatic carbocycles. The molecular formula is C20H25N3O3S. The summed E-state index contributed by atoms with van der Waals surface area (Å²) in [7, 11) is -3.77. The minimum atomic E-state index is -3.77. The van der Waals surface area contributed by atoms with Crippen LogP contribution in [0.15, 0.2) is 47.4 Å². The second-order valence-electron chi connectivity index (χ2n) is 6.95. The molecule has 144 valence electrons. The quantitative estimate of drug-likeness (QED) is 0.736. The van der Waals surface area contributed by atoms with Gasteiger partial charge in [0.05, 0.1) is 4.90 Å². The van der Waals surface area contributed by atoms with Crippen molar-refractivity contribution in [2.75, 3.05) is 17.8 Å². The van der Waals surface area contributed by atoms with Crippen molar-refractivity contribution in [3.63, 3.8) is 0 Å². The van der Waals surface area contributed by atoms with Crippen molar-refractivity contribution in [3.05, 3.63) is 59.2 Å². The maximum atomic E-state index is 12.7. The summed E-state index contributed by atoms with van der Waals surface area (Å²) in [5, 5.41) is 6.27. The first-order valence-corrected chi connectivity index (χ1v) is 10.6. The van der Waals surface area contributed by atoms with E-state index in [1.165, 1.54) is 12.1 Å². The molecule has 0 aromatic heterocycles. The van der Waals surface area contributed by atoms with Gasteiger partial charge in [0.15, 0.2) is 0 Å². The number of anilines is 1. The molecule has 1 amide bonds. The SMILES string of the molecule is Cc1ccc(NS(=O)(=O)c2ccc(C)c(C(=O)NC3CCNCC3)c2)cc1. The standard InChI is InChI=1S/C20H25N3O3S/c1-14-3-6-17(7-4-14)23-27(25,26)18-8-5-15(2)19(13-18)20(24)22-16-9-11-21-12-10-16/h3-8,13,16,21,23H,9-12H2,1-2H3,(H,22,24). The maximum absolute atomic E-state index is 12.7. The van der Waals surface area contributed by atoms with Crippen LogP contribution in [0.3, 0.4) is 0 Å². The third-order valence-corrected chi connectivity index (χ3v) is 6.12. The second-order valence-corrected chi connectivity index (χ2v) is 8.63. The molecule has 3 rings (SSSR count). The predicted molar refractivity (Wildman–Crippen MR) is 107 cm³/mol. The highest BCUT2D eigenvalue weighted by Gasteiger charge is 2.21. The molecule has 0 saturated carbocycles.